The lowest BCUT2D eigenvalue weighted by Gasteiger charge is -2.25. The van der Waals surface area contributed by atoms with Gasteiger partial charge in [-0.15, -0.1) is 11.3 Å². The first kappa shape index (κ1) is 14.9. The largest absolute Gasteiger partial charge is 0.316 e. The van der Waals surface area contributed by atoms with Crippen LogP contribution in [0, 0.1) is 11.8 Å². The maximum atomic E-state index is 4.50. The molecule has 1 aliphatic rings. The minimum Gasteiger partial charge on any atom is -0.316 e. The van der Waals surface area contributed by atoms with E-state index in [9.17, 15) is 0 Å². The van der Waals surface area contributed by atoms with E-state index in [0.29, 0.717) is 6.04 Å². The molecule has 0 bridgehead atoms. The molecule has 0 aliphatic carbocycles. The predicted molar refractivity (Wildman–Crippen MR) is 82.5 cm³/mol. The molecule has 3 nitrogen and oxygen atoms in total. The normalized spacial score (nSPS) is 22.2. The van der Waals surface area contributed by atoms with Crippen molar-refractivity contribution in [1.82, 2.24) is 15.2 Å². The Hall–Kier alpha value is -0.450. The van der Waals surface area contributed by atoms with E-state index in [-0.39, 0.29) is 0 Å². The van der Waals surface area contributed by atoms with Gasteiger partial charge < -0.3 is 5.32 Å². The molecule has 1 saturated heterocycles. The minimum atomic E-state index is 0.537. The van der Waals surface area contributed by atoms with Crippen LogP contribution in [0.1, 0.15) is 44.7 Å². The summed E-state index contributed by atoms with van der Waals surface area (Å²) in [7, 11) is 0. The van der Waals surface area contributed by atoms with Gasteiger partial charge in [-0.05, 0) is 44.3 Å². The van der Waals surface area contributed by atoms with Gasteiger partial charge in [-0.2, -0.15) is 0 Å². The van der Waals surface area contributed by atoms with Crippen LogP contribution in [0.3, 0.4) is 0 Å². The number of nitrogens with one attached hydrogen (secondary N) is 1. The molecule has 0 aromatic carbocycles. The van der Waals surface area contributed by atoms with Crippen LogP contribution in [-0.2, 0) is 0 Å². The van der Waals surface area contributed by atoms with Crippen molar-refractivity contribution >= 4 is 11.3 Å². The smallest absolute Gasteiger partial charge is 0.110 e. The molecule has 4 heteroatoms. The molecule has 0 saturated carbocycles. The lowest BCUT2D eigenvalue weighted by molar-refractivity contribution is 0.229. The molecule has 1 aliphatic heterocycles. The Morgan fingerprint density at radius 3 is 3.00 bits per heavy atom. The van der Waals surface area contributed by atoms with Crippen LogP contribution < -0.4 is 5.32 Å². The first-order valence-corrected chi connectivity index (χ1v) is 8.42. The van der Waals surface area contributed by atoms with Crippen LogP contribution in [-0.4, -0.2) is 36.1 Å². The first-order valence-electron chi connectivity index (χ1n) is 7.54. The number of likely N-dealkylation sites (tertiary alicyclic amines) is 1. The molecule has 2 heterocycles. The Kier molecular flexibility index (Phi) is 5.79. The van der Waals surface area contributed by atoms with Crippen LogP contribution >= 0.6 is 11.3 Å². The summed E-state index contributed by atoms with van der Waals surface area (Å²) in [5, 5.41) is 6.98. The van der Waals surface area contributed by atoms with Gasteiger partial charge in [0.1, 0.15) is 5.01 Å². The Morgan fingerprint density at radius 2 is 2.37 bits per heavy atom. The fourth-order valence-corrected chi connectivity index (χ4v) is 3.73. The number of hydrogen-bond acceptors (Lipinski definition) is 4. The first-order chi connectivity index (χ1) is 9.20. The molecule has 2 atom stereocenters. The number of nitrogens with zero attached hydrogens (tertiary/aromatic N) is 2. The number of rotatable bonds is 7. The zero-order valence-corrected chi connectivity index (χ0v) is 13.2. The lowest BCUT2D eigenvalue weighted by atomic mass is 10.1. The van der Waals surface area contributed by atoms with Crippen LogP contribution in [0.2, 0.25) is 0 Å². The van der Waals surface area contributed by atoms with Gasteiger partial charge in [-0.1, -0.05) is 20.8 Å². The van der Waals surface area contributed by atoms with E-state index in [2.05, 4.69) is 41.4 Å². The third kappa shape index (κ3) is 4.26. The molecular weight excluding hydrogens is 254 g/mol. The Bertz CT molecular complexity index is 350. The minimum absolute atomic E-state index is 0.537. The van der Waals surface area contributed by atoms with Crippen LogP contribution in [0.25, 0.3) is 0 Å². The van der Waals surface area contributed by atoms with Gasteiger partial charge in [0, 0.05) is 18.1 Å². The van der Waals surface area contributed by atoms with E-state index in [1.54, 1.807) is 11.3 Å². The van der Waals surface area contributed by atoms with Gasteiger partial charge in [0.2, 0.25) is 0 Å². The van der Waals surface area contributed by atoms with Gasteiger partial charge in [-0.3, -0.25) is 4.90 Å². The van der Waals surface area contributed by atoms with E-state index < -0.39 is 0 Å². The van der Waals surface area contributed by atoms with Crippen molar-refractivity contribution in [2.24, 2.45) is 11.8 Å². The topological polar surface area (TPSA) is 28.2 Å². The zero-order chi connectivity index (χ0) is 13.7. The van der Waals surface area contributed by atoms with Crippen LogP contribution in [0.5, 0.6) is 0 Å². The lowest BCUT2D eigenvalue weighted by Crippen LogP contribution is -2.30. The summed E-state index contributed by atoms with van der Waals surface area (Å²) in [6, 6.07) is 0.537. The van der Waals surface area contributed by atoms with Gasteiger partial charge in [0.25, 0.3) is 0 Å². The average Bonchev–Trinajstić information content (AvgIpc) is 3.02. The van der Waals surface area contributed by atoms with E-state index >= 15 is 0 Å². The van der Waals surface area contributed by atoms with Crippen molar-refractivity contribution in [1.29, 1.82) is 0 Å². The summed E-state index contributed by atoms with van der Waals surface area (Å²) in [6.07, 6.45) is 4.42. The number of hydrogen-bond donors (Lipinski definition) is 1. The maximum Gasteiger partial charge on any atom is 0.110 e. The summed E-state index contributed by atoms with van der Waals surface area (Å²) in [5.74, 6) is 1.56. The van der Waals surface area contributed by atoms with Gasteiger partial charge in [-0.25, -0.2) is 4.98 Å². The van der Waals surface area contributed by atoms with E-state index in [1.807, 2.05) is 6.20 Å². The highest BCUT2D eigenvalue weighted by Gasteiger charge is 2.29. The fourth-order valence-electron chi connectivity index (χ4n) is 2.88. The molecular formula is C15H27N3S. The van der Waals surface area contributed by atoms with Crippen LogP contribution in [0.15, 0.2) is 11.6 Å². The quantitative estimate of drug-likeness (QED) is 0.832. The Labute approximate surface area is 121 Å². The molecule has 1 aromatic rings. The van der Waals surface area contributed by atoms with Crippen molar-refractivity contribution in [3.8, 4) is 0 Å². The summed E-state index contributed by atoms with van der Waals surface area (Å²) in [6.45, 7) is 11.6. The second-order valence-corrected chi connectivity index (χ2v) is 6.92. The van der Waals surface area contributed by atoms with E-state index in [0.717, 1.165) is 18.4 Å². The molecule has 1 aromatic heterocycles. The summed E-state index contributed by atoms with van der Waals surface area (Å²) in [4.78, 5) is 7.13. The van der Waals surface area contributed by atoms with Crippen molar-refractivity contribution < 1.29 is 0 Å². The summed E-state index contributed by atoms with van der Waals surface area (Å²) >= 11 is 1.80. The number of aromatic nitrogens is 1. The highest BCUT2D eigenvalue weighted by molar-refractivity contribution is 7.09. The molecule has 1 fully saturated rings. The van der Waals surface area contributed by atoms with Crippen molar-refractivity contribution in [2.45, 2.75) is 39.7 Å². The molecule has 0 amide bonds. The fraction of sp³-hybridized carbons (Fsp3) is 0.800. The van der Waals surface area contributed by atoms with Gasteiger partial charge >= 0.3 is 0 Å². The van der Waals surface area contributed by atoms with Gasteiger partial charge in [0.05, 0.1) is 6.04 Å². The molecule has 0 radical (unpaired) electrons. The molecule has 0 spiro atoms. The summed E-state index contributed by atoms with van der Waals surface area (Å²) < 4.78 is 0. The second-order valence-electron chi connectivity index (χ2n) is 6.00. The molecule has 108 valence electrons. The van der Waals surface area contributed by atoms with Crippen molar-refractivity contribution in [3.05, 3.63) is 16.6 Å². The Balaban J connectivity index is 1.80. The predicted octanol–water partition coefficient (Wildman–Crippen LogP) is 3.16. The second kappa shape index (κ2) is 7.36. The third-order valence-electron chi connectivity index (χ3n) is 3.87. The van der Waals surface area contributed by atoms with Crippen molar-refractivity contribution in [3.63, 3.8) is 0 Å². The average molecular weight is 281 g/mol. The van der Waals surface area contributed by atoms with Crippen LogP contribution in [0.4, 0.5) is 0 Å². The molecule has 2 unspecified atom stereocenters. The highest BCUT2D eigenvalue weighted by atomic mass is 32.1. The molecule has 19 heavy (non-hydrogen) atoms. The molecule has 1 N–H and O–H groups in total. The maximum absolute atomic E-state index is 4.50. The Morgan fingerprint density at radius 1 is 1.53 bits per heavy atom. The highest BCUT2D eigenvalue weighted by Crippen LogP contribution is 2.30. The van der Waals surface area contributed by atoms with Crippen molar-refractivity contribution in [2.75, 3.05) is 26.2 Å². The standard InChI is InChI=1S/C15H27N3S/c1-4-14(15-17-6-8-19-15)18-7-5-13(11-18)10-16-9-12(2)3/h6,8,12-14,16H,4-5,7,9-11H2,1-3H3. The van der Waals surface area contributed by atoms with E-state index in [1.165, 1.54) is 37.5 Å². The monoisotopic (exact) mass is 281 g/mol. The van der Waals surface area contributed by atoms with Gasteiger partial charge in [0.15, 0.2) is 0 Å². The number of thiazole rings is 1. The molecule has 2 rings (SSSR count). The third-order valence-corrected chi connectivity index (χ3v) is 4.74. The van der Waals surface area contributed by atoms with E-state index in [4.69, 9.17) is 0 Å². The summed E-state index contributed by atoms with van der Waals surface area (Å²) in [5.41, 5.74) is 0. The zero-order valence-electron chi connectivity index (χ0n) is 12.4. The SMILES string of the molecule is CCC(c1nccs1)N1CCC(CNCC(C)C)C1.